The lowest BCUT2D eigenvalue weighted by molar-refractivity contribution is -0.116. The van der Waals surface area contributed by atoms with Crippen LogP contribution in [0.15, 0.2) is 36.7 Å². The van der Waals surface area contributed by atoms with E-state index < -0.39 is 0 Å². The molecule has 0 radical (unpaired) electrons. The second-order valence-electron chi connectivity index (χ2n) is 7.29. The second-order valence-corrected chi connectivity index (χ2v) is 7.29. The number of aromatic amines is 1. The van der Waals surface area contributed by atoms with E-state index in [-0.39, 0.29) is 11.8 Å². The van der Waals surface area contributed by atoms with Crippen molar-refractivity contribution in [3.05, 3.63) is 47.9 Å². The minimum Gasteiger partial charge on any atom is -0.361 e. The molecule has 3 heterocycles. The van der Waals surface area contributed by atoms with Gasteiger partial charge in [0.2, 0.25) is 5.91 Å². The normalized spacial score (nSPS) is 14.4. The highest BCUT2D eigenvalue weighted by Crippen LogP contribution is 2.21. The molecular formula is C21H25N5O2. The molecule has 2 amide bonds. The molecule has 0 saturated carbocycles. The molecular weight excluding hydrogens is 354 g/mol. The van der Waals surface area contributed by atoms with Gasteiger partial charge in [0.1, 0.15) is 5.69 Å². The molecule has 7 nitrogen and oxygen atoms in total. The number of amides is 2. The van der Waals surface area contributed by atoms with Crippen LogP contribution in [0.1, 0.15) is 41.7 Å². The van der Waals surface area contributed by atoms with Crippen molar-refractivity contribution in [3.63, 3.8) is 0 Å². The quantitative estimate of drug-likeness (QED) is 0.715. The summed E-state index contributed by atoms with van der Waals surface area (Å²) in [6.45, 7) is 1.52. The van der Waals surface area contributed by atoms with Crippen LogP contribution in [0.25, 0.3) is 10.9 Å². The number of aryl methyl sites for hydroxylation is 2. The van der Waals surface area contributed by atoms with Gasteiger partial charge in [0.15, 0.2) is 0 Å². The number of hydrogen-bond acceptors (Lipinski definition) is 3. The number of piperidine rings is 1. The van der Waals surface area contributed by atoms with Crippen LogP contribution in [0.4, 0.5) is 5.69 Å². The first-order chi connectivity index (χ1) is 13.6. The van der Waals surface area contributed by atoms with Gasteiger partial charge in [0.25, 0.3) is 5.91 Å². The number of fused-ring (bicyclic) bond motifs is 1. The molecule has 0 aliphatic carbocycles. The van der Waals surface area contributed by atoms with Crippen LogP contribution in [0.5, 0.6) is 0 Å². The van der Waals surface area contributed by atoms with Crippen LogP contribution < -0.4 is 5.32 Å². The number of anilines is 1. The fourth-order valence-corrected chi connectivity index (χ4v) is 3.83. The summed E-state index contributed by atoms with van der Waals surface area (Å²) in [4.78, 5) is 30.5. The maximum atomic E-state index is 12.9. The molecule has 1 aliphatic rings. The van der Waals surface area contributed by atoms with Gasteiger partial charge in [-0.25, -0.2) is 0 Å². The van der Waals surface area contributed by atoms with Gasteiger partial charge in [-0.15, -0.1) is 0 Å². The van der Waals surface area contributed by atoms with Crippen LogP contribution in [0, 0.1) is 0 Å². The summed E-state index contributed by atoms with van der Waals surface area (Å²) >= 11 is 0. The zero-order valence-corrected chi connectivity index (χ0v) is 16.1. The van der Waals surface area contributed by atoms with Crippen LogP contribution in [-0.4, -0.2) is 44.6 Å². The molecule has 0 atom stereocenters. The maximum Gasteiger partial charge on any atom is 0.274 e. The second kappa shape index (κ2) is 7.88. The molecule has 7 heteroatoms. The van der Waals surface area contributed by atoms with Crippen molar-refractivity contribution in [2.45, 2.75) is 32.1 Å². The number of hydrogen-bond donors (Lipinski definition) is 2. The number of aromatic nitrogens is 3. The summed E-state index contributed by atoms with van der Waals surface area (Å²) in [5.74, 6) is -0.183. The van der Waals surface area contributed by atoms with Crippen molar-refractivity contribution in [2.24, 2.45) is 7.05 Å². The van der Waals surface area contributed by atoms with Gasteiger partial charge in [0.05, 0.1) is 11.9 Å². The fourth-order valence-electron chi connectivity index (χ4n) is 3.83. The first kappa shape index (κ1) is 18.3. The molecule has 0 unspecified atom stereocenters. The fraction of sp³-hybridized carbons (Fsp3) is 0.381. The van der Waals surface area contributed by atoms with Gasteiger partial charge in [0, 0.05) is 43.7 Å². The van der Waals surface area contributed by atoms with Gasteiger partial charge in [-0.3, -0.25) is 14.3 Å². The van der Waals surface area contributed by atoms with Crippen molar-refractivity contribution in [1.82, 2.24) is 19.7 Å². The number of H-pyrrole nitrogens is 1. The molecule has 2 N–H and O–H groups in total. The summed E-state index contributed by atoms with van der Waals surface area (Å²) in [5, 5.41) is 8.20. The van der Waals surface area contributed by atoms with Crippen molar-refractivity contribution in [2.75, 3.05) is 18.4 Å². The molecule has 2 aromatic heterocycles. The molecule has 1 aliphatic heterocycles. The first-order valence-electron chi connectivity index (χ1n) is 9.79. The Kier molecular flexibility index (Phi) is 5.14. The third kappa shape index (κ3) is 3.65. The number of nitrogens with one attached hydrogen (secondary N) is 2. The van der Waals surface area contributed by atoms with E-state index in [4.69, 9.17) is 0 Å². The molecule has 4 rings (SSSR count). The molecule has 1 aromatic carbocycles. The number of carbonyl (C=O) groups excluding carboxylic acids is 2. The minimum absolute atomic E-state index is 0.0633. The smallest absolute Gasteiger partial charge is 0.274 e. The predicted octanol–water partition coefficient (Wildman–Crippen LogP) is 3.10. The Morgan fingerprint density at radius 1 is 1.18 bits per heavy atom. The summed E-state index contributed by atoms with van der Waals surface area (Å²) in [6, 6.07) is 8.05. The summed E-state index contributed by atoms with van der Waals surface area (Å²) in [5.41, 5.74) is 3.12. The van der Waals surface area contributed by atoms with E-state index >= 15 is 0 Å². The Morgan fingerprint density at radius 3 is 2.79 bits per heavy atom. The number of para-hydroxylation sites is 1. The van der Waals surface area contributed by atoms with Crippen LogP contribution in [0.2, 0.25) is 0 Å². The van der Waals surface area contributed by atoms with Crippen LogP contribution >= 0.6 is 0 Å². The van der Waals surface area contributed by atoms with Gasteiger partial charge in [-0.1, -0.05) is 18.2 Å². The lowest BCUT2D eigenvalue weighted by Gasteiger charge is -2.27. The van der Waals surface area contributed by atoms with Gasteiger partial charge < -0.3 is 15.2 Å². The van der Waals surface area contributed by atoms with Crippen molar-refractivity contribution in [3.8, 4) is 0 Å². The van der Waals surface area contributed by atoms with E-state index in [0.29, 0.717) is 24.2 Å². The maximum absolute atomic E-state index is 12.9. The minimum atomic E-state index is -0.119. The third-order valence-electron chi connectivity index (χ3n) is 5.36. The lowest BCUT2D eigenvalue weighted by Crippen LogP contribution is -2.37. The number of likely N-dealkylation sites (tertiary alicyclic amines) is 1. The molecule has 28 heavy (non-hydrogen) atoms. The zero-order chi connectivity index (χ0) is 19.5. The lowest BCUT2D eigenvalue weighted by atomic mass is 10.1. The van der Waals surface area contributed by atoms with E-state index in [1.165, 1.54) is 0 Å². The highest BCUT2D eigenvalue weighted by molar-refractivity contribution is 6.02. The highest BCUT2D eigenvalue weighted by atomic mass is 16.2. The Balaban J connectivity index is 1.42. The molecule has 1 saturated heterocycles. The highest BCUT2D eigenvalue weighted by Gasteiger charge is 2.25. The molecule has 0 spiro atoms. The summed E-state index contributed by atoms with van der Waals surface area (Å²) in [7, 11) is 1.73. The summed E-state index contributed by atoms with van der Waals surface area (Å²) < 4.78 is 1.55. The monoisotopic (exact) mass is 379 g/mol. The van der Waals surface area contributed by atoms with Crippen LogP contribution in [-0.2, 0) is 18.3 Å². The Labute approximate surface area is 163 Å². The average molecular weight is 379 g/mol. The standard InChI is InChI=1S/C21H25N5O2/c1-25-20(21(28)26-11-5-2-6-12-26)18(14-23-25)24-19(27)10-9-15-13-22-17-8-4-3-7-16(15)17/h3-4,7-8,13-14,22H,2,5-6,9-12H2,1H3,(H,24,27). The van der Waals surface area contributed by atoms with E-state index in [1.807, 2.05) is 29.3 Å². The molecule has 146 valence electrons. The van der Waals surface area contributed by atoms with E-state index in [9.17, 15) is 9.59 Å². The molecule has 0 bridgehead atoms. The Morgan fingerprint density at radius 2 is 1.96 bits per heavy atom. The largest absolute Gasteiger partial charge is 0.361 e. The third-order valence-corrected chi connectivity index (χ3v) is 5.36. The Bertz CT molecular complexity index is 997. The average Bonchev–Trinajstić information content (AvgIpc) is 3.30. The van der Waals surface area contributed by atoms with Gasteiger partial charge in [-0.05, 0) is 37.3 Å². The number of nitrogens with zero attached hydrogens (tertiary/aromatic N) is 3. The molecule has 1 fully saturated rings. The van der Waals surface area contributed by atoms with Crippen LogP contribution in [0.3, 0.4) is 0 Å². The van der Waals surface area contributed by atoms with Crippen molar-refractivity contribution in [1.29, 1.82) is 0 Å². The van der Waals surface area contributed by atoms with E-state index in [0.717, 1.165) is 48.8 Å². The Hall–Kier alpha value is -3.09. The van der Waals surface area contributed by atoms with Gasteiger partial charge >= 0.3 is 0 Å². The zero-order valence-electron chi connectivity index (χ0n) is 16.1. The van der Waals surface area contributed by atoms with E-state index in [2.05, 4.69) is 21.5 Å². The predicted molar refractivity (Wildman–Crippen MR) is 108 cm³/mol. The number of carbonyl (C=O) groups is 2. The van der Waals surface area contributed by atoms with E-state index in [1.54, 1.807) is 17.9 Å². The topological polar surface area (TPSA) is 83.0 Å². The number of rotatable bonds is 5. The van der Waals surface area contributed by atoms with Crippen molar-refractivity contribution >= 4 is 28.4 Å². The number of benzene rings is 1. The van der Waals surface area contributed by atoms with Gasteiger partial charge in [-0.2, -0.15) is 5.10 Å². The molecule has 3 aromatic rings. The summed E-state index contributed by atoms with van der Waals surface area (Å²) in [6.07, 6.45) is 7.69. The SMILES string of the molecule is Cn1ncc(NC(=O)CCc2c[nH]c3ccccc23)c1C(=O)N1CCCCC1. The van der Waals surface area contributed by atoms with Crippen molar-refractivity contribution < 1.29 is 9.59 Å². The first-order valence-corrected chi connectivity index (χ1v) is 9.79.